The third-order valence-corrected chi connectivity index (χ3v) is 3.95. The van der Waals surface area contributed by atoms with Gasteiger partial charge in [0.05, 0.1) is 31.4 Å². The van der Waals surface area contributed by atoms with Crippen LogP contribution in [0.25, 0.3) is 0 Å². The van der Waals surface area contributed by atoms with E-state index in [-0.39, 0.29) is 12.4 Å². The van der Waals surface area contributed by atoms with Crippen LogP contribution in [0.5, 0.6) is 0 Å². The van der Waals surface area contributed by atoms with Crippen molar-refractivity contribution in [2.24, 2.45) is 7.05 Å². The van der Waals surface area contributed by atoms with Crippen molar-refractivity contribution in [3.8, 4) is 0 Å². The van der Waals surface area contributed by atoms with Gasteiger partial charge < -0.3 is 18.8 Å². The molecule has 0 amide bonds. The lowest BCUT2D eigenvalue weighted by Crippen LogP contribution is -2.00. The average molecular weight is 296 g/mol. The third kappa shape index (κ3) is 2.88. The number of aryl methyl sites for hydroxylation is 1. The lowest BCUT2D eigenvalue weighted by atomic mass is 10.3. The molecule has 2 aromatic rings. The Morgan fingerprint density at radius 1 is 1.60 bits per heavy atom. The van der Waals surface area contributed by atoms with Gasteiger partial charge in [0.15, 0.2) is 5.16 Å². The minimum Gasteiger partial charge on any atom is -0.463 e. The Hall–Kier alpha value is -1.73. The summed E-state index contributed by atoms with van der Waals surface area (Å²) in [7, 11) is 3.16. The molecule has 0 spiro atoms. The van der Waals surface area contributed by atoms with Gasteiger partial charge in [0.25, 0.3) is 0 Å². The quantitative estimate of drug-likeness (QED) is 0.670. The van der Waals surface area contributed by atoms with E-state index >= 15 is 0 Å². The summed E-state index contributed by atoms with van der Waals surface area (Å²) in [5.74, 6) is 0.992. The fourth-order valence-corrected chi connectivity index (χ4v) is 2.61. The number of carbonyl (C=O) groups excluding carboxylic acids is 1. The number of aliphatic hydroxyl groups is 1. The van der Waals surface area contributed by atoms with Crippen molar-refractivity contribution >= 4 is 17.7 Å². The number of nitrogens with zero attached hydrogens (tertiary/aromatic N) is 2. The molecule has 2 heterocycles. The molecule has 0 saturated carbocycles. The number of thioether (sulfide) groups is 1. The first-order valence-corrected chi connectivity index (χ1v) is 6.97. The molecule has 0 aliphatic carbocycles. The molecule has 0 unspecified atom stereocenters. The molecule has 2 aromatic heterocycles. The molecular weight excluding hydrogens is 280 g/mol. The van der Waals surface area contributed by atoms with Crippen LogP contribution in [0.2, 0.25) is 0 Å². The Bertz CT molecular complexity index is 618. The van der Waals surface area contributed by atoms with Gasteiger partial charge in [-0.25, -0.2) is 9.78 Å². The van der Waals surface area contributed by atoms with Crippen LogP contribution in [-0.4, -0.2) is 27.7 Å². The highest BCUT2D eigenvalue weighted by molar-refractivity contribution is 7.98. The average Bonchev–Trinajstić information content (AvgIpc) is 2.99. The normalized spacial score (nSPS) is 10.8. The van der Waals surface area contributed by atoms with E-state index in [0.717, 1.165) is 16.4 Å². The zero-order chi connectivity index (χ0) is 14.7. The Labute approximate surface area is 120 Å². The van der Waals surface area contributed by atoms with Crippen LogP contribution < -0.4 is 0 Å². The van der Waals surface area contributed by atoms with Crippen LogP contribution >= 0.6 is 11.8 Å². The number of esters is 1. The third-order valence-electron chi connectivity index (χ3n) is 2.89. The van der Waals surface area contributed by atoms with Crippen LogP contribution in [0.4, 0.5) is 0 Å². The Morgan fingerprint density at radius 3 is 2.95 bits per heavy atom. The number of hydrogen-bond donors (Lipinski definition) is 1. The van der Waals surface area contributed by atoms with E-state index in [1.165, 1.54) is 18.9 Å². The molecule has 1 N–H and O–H groups in total. The minimum absolute atomic E-state index is 0.0452. The highest BCUT2D eigenvalue weighted by Gasteiger charge is 2.16. The zero-order valence-corrected chi connectivity index (χ0v) is 12.4. The molecule has 0 atom stereocenters. The first kappa shape index (κ1) is 14.7. The molecule has 20 heavy (non-hydrogen) atoms. The largest absolute Gasteiger partial charge is 0.463 e. The number of ether oxygens (including phenoxy) is 1. The highest BCUT2D eigenvalue weighted by Crippen LogP contribution is 2.25. The van der Waals surface area contributed by atoms with Crippen molar-refractivity contribution in [2.45, 2.75) is 24.4 Å². The SMILES string of the molecule is COC(=O)c1oc(CSc2ncc(CO)n2C)cc1C. The molecule has 108 valence electrons. The molecule has 0 radical (unpaired) electrons. The number of hydrogen-bond acceptors (Lipinski definition) is 6. The van der Waals surface area contributed by atoms with E-state index in [1.54, 1.807) is 13.1 Å². The molecular formula is C13H16N2O4S. The van der Waals surface area contributed by atoms with E-state index in [1.807, 2.05) is 17.7 Å². The molecule has 2 rings (SSSR count). The maximum atomic E-state index is 11.5. The number of methoxy groups -OCH3 is 1. The predicted molar refractivity (Wildman–Crippen MR) is 73.5 cm³/mol. The van der Waals surface area contributed by atoms with Gasteiger partial charge in [0, 0.05) is 12.6 Å². The van der Waals surface area contributed by atoms with E-state index in [2.05, 4.69) is 9.72 Å². The summed E-state index contributed by atoms with van der Waals surface area (Å²) >= 11 is 1.47. The van der Waals surface area contributed by atoms with Crippen molar-refractivity contribution in [2.75, 3.05) is 7.11 Å². The fourth-order valence-electron chi connectivity index (χ4n) is 1.76. The molecule has 6 nitrogen and oxygen atoms in total. The Kier molecular flexibility index (Phi) is 4.51. The topological polar surface area (TPSA) is 77.5 Å². The second kappa shape index (κ2) is 6.15. The van der Waals surface area contributed by atoms with Crippen LogP contribution in [0.15, 0.2) is 21.8 Å². The summed E-state index contributed by atoms with van der Waals surface area (Å²) in [4.78, 5) is 15.7. The zero-order valence-electron chi connectivity index (χ0n) is 11.5. The van der Waals surface area contributed by atoms with Gasteiger partial charge >= 0.3 is 5.97 Å². The molecule has 0 fully saturated rings. The first-order valence-electron chi connectivity index (χ1n) is 5.98. The molecule has 0 saturated heterocycles. The summed E-state index contributed by atoms with van der Waals surface area (Å²) in [6.45, 7) is 1.75. The van der Waals surface area contributed by atoms with E-state index in [4.69, 9.17) is 9.52 Å². The first-order chi connectivity index (χ1) is 9.56. The smallest absolute Gasteiger partial charge is 0.374 e. The number of aromatic nitrogens is 2. The van der Waals surface area contributed by atoms with Crippen molar-refractivity contribution in [1.82, 2.24) is 9.55 Å². The van der Waals surface area contributed by atoms with Crippen molar-refractivity contribution in [1.29, 1.82) is 0 Å². The lowest BCUT2D eigenvalue weighted by molar-refractivity contribution is 0.0562. The molecule has 0 aromatic carbocycles. The molecule has 0 bridgehead atoms. The van der Waals surface area contributed by atoms with Gasteiger partial charge in [-0.3, -0.25) is 0 Å². The van der Waals surface area contributed by atoms with Gasteiger partial charge in [-0.15, -0.1) is 0 Å². The van der Waals surface area contributed by atoms with Crippen molar-refractivity contribution in [3.63, 3.8) is 0 Å². The Balaban J connectivity index is 2.07. The standard InChI is InChI=1S/C13H16N2O4S/c1-8-4-10(19-11(8)12(17)18-3)7-20-13-14-5-9(6-16)15(13)2/h4-5,16H,6-7H2,1-3H3. The second-order valence-electron chi connectivity index (χ2n) is 4.25. The summed E-state index contributed by atoms with van der Waals surface area (Å²) in [5.41, 5.74) is 1.50. The van der Waals surface area contributed by atoms with Crippen molar-refractivity contribution in [3.05, 3.63) is 35.0 Å². The minimum atomic E-state index is -0.474. The Morgan fingerprint density at radius 2 is 2.35 bits per heavy atom. The molecule has 7 heteroatoms. The number of furan rings is 1. The second-order valence-corrected chi connectivity index (χ2v) is 5.20. The van der Waals surface area contributed by atoms with Gasteiger partial charge in [-0.2, -0.15) is 0 Å². The summed E-state index contributed by atoms with van der Waals surface area (Å²) < 4.78 is 11.9. The maximum Gasteiger partial charge on any atom is 0.374 e. The van der Waals surface area contributed by atoms with Crippen LogP contribution in [-0.2, 0) is 24.1 Å². The summed E-state index contributed by atoms with van der Waals surface area (Å²) in [6, 6.07) is 1.81. The van der Waals surface area contributed by atoms with Crippen LogP contribution in [0, 0.1) is 6.92 Å². The number of aliphatic hydroxyl groups excluding tert-OH is 1. The fraction of sp³-hybridized carbons (Fsp3) is 0.385. The van der Waals surface area contributed by atoms with Crippen molar-refractivity contribution < 1.29 is 19.1 Å². The summed E-state index contributed by atoms with van der Waals surface area (Å²) in [6.07, 6.45) is 1.63. The van der Waals surface area contributed by atoms with E-state index < -0.39 is 5.97 Å². The van der Waals surface area contributed by atoms with Gasteiger partial charge in [-0.1, -0.05) is 11.8 Å². The molecule has 0 aliphatic heterocycles. The number of carbonyl (C=O) groups is 1. The van der Waals surface area contributed by atoms with Gasteiger partial charge in [0.2, 0.25) is 5.76 Å². The highest BCUT2D eigenvalue weighted by atomic mass is 32.2. The predicted octanol–water partition coefficient (Wildman–Crippen LogP) is 1.89. The van der Waals surface area contributed by atoms with Gasteiger partial charge in [-0.05, 0) is 13.0 Å². The van der Waals surface area contributed by atoms with E-state index in [9.17, 15) is 4.79 Å². The van der Waals surface area contributed by atoms with E-state index in [0.29, 0.717) is 11.5 Å². The maximum absolute atomic E-state index is 11.5. The van der Waals surface area contributed by atoms with Crippen LogP contribution in [0.3, 0.4) is 0 Å². The summed E-state index contributed by atoms with van der Waals surface area (Å²) in [5, 5.41) is 9.89. The monoisotopic (exact) mass is 296 g/mol. The lowest BCUT2D eigenvalue weighted by Gasteiger charge is -2.02. The number of rotatable bonds is 5. The molecule has 0 aliphatic rings. The number of imidazole rings is 1. The van der Waals surface area contributed by atoms with Gasteiger partial charge in [0.1, 0.15) is 5.76 Å². The van der Waals surface area contributed by atoms with Crippen LogP contribution in [0.1, 0.15) is 27.6 Å².